The molecule has 1 saturated heterocycles. The molecule has 1 aromatic rings. The average molecular weight is 276 g/mol. The van der Waals surface area contributed by atoms with Crippen molar-refractivity contribution in [3.63, 3.8) is 0 Å². The summed E-state index contributed by atoms with van der Waals surface area (Å²) in [5.41, 5.74) is 0.895. The summed E-state index contributed by atoms with van der Waals surface area (Å²) in [6.45, 7) is 3.73. The summed E-state index contributed by atoms with van der Waals surface area (Å²) in [7, 11) is 1.71. The molecule has 2 rings (SSSR count). The molecule has 0 spiro atoms. The lowest BCUT2D eigenvalue weighted by Crippen LogP contribution is -2.53. The van der Waals surface area contributed by atoms with Crippen LogP contribution in [0.25, 0.3) is 0 Å². The predicted octanol–water partition coefficient (Wildman–Crippen LogP) is 1.11. The quantitative estimate of drug-likeness (QED) is 0.899. The first-order chi connectivity index (χ1) is 9.50. The summed E-state index contributed by atoms with van der Waals surface area (Å²) in [6, 6.07) is 9.12. The molecule has 1 fully saturated rings. The Kier molecular flexibility index (Phi) is 4.39. The highest BCUT2D eigenvalue weighted by molar-refractivity contribution is 5.86. The minimum Gasteiger partial charge on any atom is -0.356 e. The highest BCUT2D eigenvalue weighted by Gasteiger charge is 2.39. The monoisotopic (exact) mass is 276 g/mol. The second kappa shape index (κ2) is 6.05. The maximum atomic E-state index is 12.3. The normalized spacial score (nSPS) is 23.0. The summed E-state index contributed by atoms with van der Waals surface area (Å²) >= 11 is 0. The number of nitrogens with zero attached hydrogens (tertiary/aromatic N) is 1. The van der Waals surface area contributed by atoms with Gasteiger partial charge in [0.05, 0.1) is 6.04 Å². The zero-order valence-corrected chi connectivity index (χ0v) is 12.0. The van der Waals surface area contributed by atoms with Crippen molar-refractivity contribution in [1.29, 1.82) is 0 Å². The molecular weight excluding hydrogens is 256 g/mol. The molecule has 20 heavy (non-hydrogen) atoms. The number of hydrogen-bond donors (Lipinski definition) is 1. The number of benzene rings is 1. The fraction of sp³-hybridized carbons (Fsp3) is 0.467. The molecule has 0 aromatic heterocycles. The van der Waals surface area contributed by atoms with Crippen molar-refractivity contribution in [2.75, 3.05) is 13.7 Å². The van der Waals surface area contributed by atoms with E-state index in [-0.39, 0.29) is 24.5 Å². The van der Waals surface area contributed by atoms with Crippen molar-refractivity contribution < 1.29 is 14.3 Å². The molecule has 1 heterocycles. The van der Waals surface area contributed by atoms with Crippen LogP contribution in [0, 0.1) is 0 Å². The van der Waals surface area contributed by atoms with E-state index in [1.807, 2.05) is 44.2 Å². The SMILES string of the molecule is CC(C)NC(=O)[C@@H]1OCC(=O)N(C)[C@H]1c1ccccc1. The maximum Gasteiger partial charge on any atom is 0.251 e. The Hall–Kier alpha value is -1.88. The van der Waals surface area contributed by atoms with Gasteiger partial charge in [0.25, 0.3) is 5.91 Å². The van der Waals surface area contributed by atoms with Crippen molar-refractivity contribution >= 4 is 11.8 Å². The van der Waals surface area contributed by atoms with Gasteiger partial charge in [-0.05, 0) is 19.4 Å². The number of carbonyl (C=O) groups excluding carboxylic acids is 2. The van der Waals surface area contributed by atoms with Crippen LogP contribution in [0.2, 0.25) is 0 Å². The van der Waals surface area contributed by atoms with Gasteiger partial charge < -0.3 is 15.0 Å². The highest BCUT2D eigenvalue weighted by atomic mass is 16.5. The van der Waals surface area contributed by atoms with Gasteiger partial charge in [0, 0.05) is 13.1 Å². The lowest BCUT2D eigenvalue weighted by atomic mass is 9.97. The maximum absolute atomic E-state index is 12.3. The van der Waals surface area contributed by atoms with Gasteiger partial charge in [0.1, 0.15) is 6.61 Å². The molecule has 0 unspecified atom stereocenters. The zero-order chi connectivity index (χ0) is 14.7. The number of carbonyl (C=O) groups is 2. The van der Waals surface area contributed by atoms with E-state index < -0.39 is 12.1 Å². The molecule has 108 valence electrons. The lowest BCUT2D eigenvalue weighted by molar-refractivity contribution is -0.162. The van der Waals surface area contributed by atoms with Gasteiger partial charge in [-0.15, -0.1) is 0 Å². The van der Waals surface area contributed by atoms with Crippen molar-refractivity contribution in [2.24, 2.45) is 0 Å². The van der Waals surface area contributed by atoms with Crippen LogP contribution in [0.5, 0.6) is 0 Å². The van der Waals surface area contributed by atoms with E-state index in [4.69, 9.17) is 4.74 Å². The molecule has 5 nitrogen and oxygen atoms in total. The minimum atomic E-state index is -0.678. The number of rotatable bonds is 3. The van der Waals surface area contributed by atoms with Gasteiger partial charge in [-0.1, -0.05) is 30.3 Å². The molecule has 2 amide bonds. The number of nitrogens with one attached hydrogen (secondary N) is 1. The van der Waals surface area contributed by atoms with E-state index >= 15 is 0 Å². The largest absolute Gasteiger partial charge is 0.356 e. The molecule has 0 aliphatic carbocycles. The lowest BCUT2D eigenvalue weighted by Gasteiger charge is -2.38. The summed E-state index contributed by atoms with van der Waals surface area (Å²) in [4.78, 5) is 25.7. The van der Waals surface area contributed by atoms with E-state index in [0.29, 0.717) is 0 Å². The standard InChI is InChI=1S/C15H20N2O3/c1-10(2)16-15(19)14-13(11-7-5-4-6-8-11)17(3)12(18)9-20-14/h4-8,10,13-14H,9H2,1-3H3,(H,16,19)/t13-,14+/m0/s1. The Labute approximate surface area is 118 Å². The number of ether oxygens (including phenoxy) is 1. The third-order valence-electron chi connectivity index (χ3n) is 3.31. The van der Waals surface area contributed by atoms with Gasteiger partial charge in [-0.3, -0.25) is 9.59 Å². The van der Waals surface area contributed by atoms with E-state index in [9.17, 15) is 9.59 Å². The van der Waals surface area contributed by atoms with Crippen LogP contribution < -0.4 is 5.32 Å². The first-order valence-corrected chi connectivity index (χ1v) is 6.73. The van der Waals surface area contributed by atoms with Gasteiger partial charge in [0.15, 0.2) is 6.10 Å². The molecule has 2 atom stereocenters. The number of hydrogen-bond acceptors (Lipinski definition) is 3. The van der Waals surface area contributed by atoms with E-state index in [0.717, 1.165) is 5.56 Å². The Morgan fingerprint density at radius 2 is 2.00 bits per heavy atom. The number of likely N-dealkylation sites (N-methyl/N-ethyl adjacent to an activating group) is 1. The molecule has 1 aliphatic rings. The van der Waals surface area contributed by atoms with Crippen molar-refractivity contribution in [3.8, 4) is 0 Å². The summed E-state index contributed by atoms with van der Waals surface area (Å²) in [5.74, 6) is -0.305. The second-order valence-corrected chi connectivity index (χ2v) is 5.26. The van der Waals surface area contributed by atoms with Crippen LogP contribution >= 0.6 is 0 Å². The molecular formula is C15H20N2O3. The fourth-order valence-electron chi connectivity index (χ4n) is 2.35. The van der Waals surface area contributed by atoms with Gasteiger partial charge in [0.2, 0.25) is 5.91 Å². The first-order valence-electron chi connectivity index (χ1n) is 6.73. The first kappa shape index (κ1) is 14.5. The van der Waals surface area contributed by atoms with Crippen molar-refractivity contribution in [3.05, 3.63) is 35.9 Å². The molecule has 0 saturated carbocycles. The Bertz CT molecular complexity index is 487. The summed E-state index contributed by atoms with van der Waals surface area (Å²) < 4.78 is 5.49. The Morgan fingerprint density at radius 3 is 2.60 bits per heavy atom. The average Bonchev–Trinajstić information content (AvgIpc) is 2.41. The van der Waals surface area contributed by atoms with Gasteiger partial charge in [-0.25, -0.2) is 0 Å². The topological polar surface area (TPSA) is 58.6 Å². The Morgan fingerprint density at radius 1 is 1.35 bits per heavy atom. The molecule has 0 radical (unpaired) electrons. The van der Waals surface area contributed by atoms with Crippen LogP contribution in [0.4, 0.5) is 0 Å². The van der Waals surface area contributed by atoms with Gasteiger partial charge >= 0.3 is 0 Å². The van der Waals surface area contributed by atoms with Crippen LogP contribution in [0.15, 0.2) is 30.3 Å². The van der Waals surface area contributed by atoms with Crippen LogP contribution in [-0.4, -0.2) is 42.5 Å². The van der Waals surface area contributed by atoms with Crippen LogP contribution in [0.1, 0.15) is 25.5 Å². The Balaban J connectivity index is 2.29. The molecule has 0 bridgehead atoms. The fourth-order valence-corrected chi connectivity index (χ4v) is 2.35. The van der Waals surface area contributed by atoms with Crippen molar-refractivity contribution in [1.82, 2.24) is 10.2 Å². The van der Waals surface area contributed by atoms with Crippen molar-refractivity contribution in [2.45, 2.75) is 32.0 Å². The van der Waals surface area contributed by atoms with Gasteiger partial charge in [-0.2, -0.15) is 0 Å². The zero-order valence-electron chi connectivity index (χ0n) is 12.0. The minimum absolute atomic E-state index is 0.0328. The van der Waals surface area contributed by atoms with Crippen LogP contribution in [0.3, 0.4) is 0 Å². The highest BCUT2D eigenvalue weighted by Crippen LogP contribution is 2.29. The number of morpholine rings is 1. The number of amides is 2. The molecule has 1 aromatic carbocycles. The van der Waals surface area contributed by atoms with E-state index in [1.54, 1.807) is 11.9 Å². The molecule has 1 aliphatic heterocycles. The predicted molar refractivity (Wildman–Crippen MR) is 75.0 cm³/mol. The van der Waals surface area contributed by atoms with E-state index in [2.05, 4.69) is 5.32 Å². The third kappa shape index (κ3) is 2.99. The molecule has 5 heteroatoms. The smallest absolute Gasteiger partial charge is 0.251 e. The summed E-state index contributed by atoms with van der Waals surface area (Å²) in [5, 5.41) is 2.85. The third-order valence-corrected chi connectivity index (χ3v) is 3.31. The molecule has 1 N–H and O–H groups in total. The van der Waals surface area contributed by atoms with E-state index in [1.165, 1.54) is 0 Å². The summed E-state index contributed by atoms with van der Waals surface area (Å²) in [6.07, 6.45) is -0.678. The van der Waals surface area contributed by atoms with Crippen LogP contribution in [-0.2, 0) is 14.3 Å². The second-order valence-electron chi connectivity index (χ2n) is 5.26.